The number of nitrogens with zero attached hydrogens (tertiary/aromatic N) is 5. The van der Waals surface area contributed by atoms with Crippen molar-refractivity contribution >= 4 is 11.6 Å². The molecule has 0 spiro atoms. The lowest BCUT2D eigenvalue weighted by Gasteiger charge is -2.39. The number of alkyl halides is 3. The molecule has 1 saturated heterocycles. The van der Waals surface area contributed by atoms with Gasteiger partial charge < -0.3 is 9.73 Å². The van der Waals surface area contributed by atoms with Crippen molar-refractivity contribution in [1.29, 1.82) is 0 Å². The van der Waals surface area contributed by atoms with Crippen LogP contribution in [0.4, 0.5) is 18.9 Å². The summed E-state index contributed by atoms with van der Waals surface area (Å²) < 4.78 is 45.0. The second-order valence-corrected chi connectivity index (χ2v) is 7.65. The molecule has 33 heavy (non-hydrogen) atoms. The predicted molar refractivity (Wildman–Crippen MR) is 111 cm³/mol. The molecule has 5 rings (SSSR count). The summed E-state index contributed by atoms with van der Waals surface area (Å²) in [5.41, 5.74) is 2.02. The molecule has 0 atom stereocenters. The highest BCUT2D eigenvalue weighted by atomic mass is 19.4. The Bertz CT molecular complexity index is 1240. The van der Waals surface area contributed by atoms with Crippen molar-refractivity contribution in [3.05, 3.63) is 60.9 Å². The maximum atomic E-state index is 12.8. The molecular formula is C21H18F3N7O2. The van der Waals surface area contributed by atoms with E-state index in [0.717, 1.165) is 0 Å². The van der Waals surface area contributed by atoms with Crippen molar-refractivity contribution in [3.8, 4) is 22.7 Å². The molecule has 0 aromatic carbocycles. The van der Waals surface area contributed by atoms with Crippen LogP contribution in [0.25, 0.3) is 22.7 Å². The smallest absolute Gasteiger partial charge is 0.401 e. The Balaban J connectivity index is 1.37. The van der Waals surface area contributed by atoms with E-state index in [9.17, 15) is 18.0 Å². The quantitative estimate of drug-likeness (QED) is 0.459. The van der Waals surface area contributed by atoms with Crippen LogP contribution < -0.4 is 5.32 Å². The summed E-state index contributed by atoms with van der Waals surface area (Å²) >= 11 is 0. The van der Waals surface area contributed by atoms with Crippen molar-refractivity contribution in [1.82, 2.24) is 29.9 Å². The molecular weight excluding hydrogens is 439 g/mol. The average molecular weight is 457 g/mol. The molecule has 9 nitrogen and oxygen atoms in total. The summed E-state index contributed by atoms with van der Waals surface area (Å²) in [5.74, 6) is 0.0773. The van der Waals surface area contributed by atoms with Gasteiger partial charge >= 0.3 is 6.18 Å². The van der Waals surface area contributed by atoms with Crippen molar-refractivity contribution in [2.75, 3.05) is 25.0 Å². The summed E-state index contributed by atoms with van der Waals surface area (Å²) in [4.78, 5) is 18.4. The Kier molecular flexibility index (Phi) is 5.21. The number of anilines is 1. The average Bonchev–Trinajstić information content (AvgIpc) is 3.50. The van der Waals surface area contributed by atoms with E-state index in [1.165, 1.54) is 4.90 Å². The number of furan rings is 1. The first-order valence-electron chi connectivity index (χ1n) is 10.1. The number of aromatic amines is 1. The van der Waals surface area contributed by atoms with Gasteiger partial charge in [-0.15, -0.1) is 0 Å². The number of halogens is 3. The third-order valence-corrected chi connectivity index (χ3v) is 5.22. The van der Waals surface area contributed by atoms with E-state index in [2.05, 4.69) is 25.6 Å². The fraction of sp³-hybridized carbons (Fsp3) is 0.238. The zero-order valence-electron chi connectivity index (χ0n) is 17.1. The number of likely N-dealkylation sites (tertiary alicyclic amines) is 1. The van der Waals surface area contributed by atoms with Crippen LogP contribution in [0, 0.1) is 0 Å². The number of H-pyrrole nitrogens is 1. The normalized spacial score (nSPS) is 14.9. The topological polar surface area (TPSA) is 105 Å². The summed E-state index contributed by atoms with van der Waals surface area (Å²) in [6, 6.07) is 8.24. The van der Waals surface area contributed by atoms with Crippen LogP contribution in [-0.2, 0) is 0 Å². The second kappa shape index (κ2) is 8.20. The Morgan fingerprint density at radius 1 is 1.24 bits per heavy atom. The Morgan fingerprint density at radius 3 is 2.79 bits per heavy atom. The van der Waals surface area contributed by atoms with Gasteiger partial charge in [-0.1, -0.05) is 6.07 Å². The van der Waals surface area contributed by atoms with Crippen LogP contribution in [0.3, 0.4) is 0 Å². The fourth-order valence-corrected chi connectivity index (χ4v) is 3.64. The van der Waals surface area contributed by atoms with Crippen molar-refractivity contribution in [3.63, 3.8) is 0 Å². The Hall–Kier alpha value is -3.93. The van der Waals surface area contributed by atoms with Crippen molar-refractivity contribution in [2.45, 2.75) is 12.2 Å². The molecule has 4 aromatic heterocycles. The minimum atomic E-state index is -4.24. The molecule has 2 N–H and O–H groups in total. The highest BCUT2D eigenvalue weighted by Gasteiger charge is 2.38. The van der Waals surface area contributed by atoms with E-state index >= 15 is 0 Å². The Labute approximate surface area is 185 Å². The monoisotopic (exact) mass is 457 g/mol. The van der Waals surface area contributed by atoms with Gasteiger partial charge in [0.1, 0.15) is 11.5 Å². The minimum Gasteiger partial charge on any atom is -0.451 e. The van der Waals surface area contributed by atoms with Gasteiger partial charge in [0, 0.05) is 31.7 Å². The predicted octanol–water partition coefficient (Wildman–Crippen LogP) is 3.60. The number of hydrogen-bond acceptors (Lipinski definition) is 6. The number of carbonyl (C=O) groups is 1. The molecule has 0 bridgehead atoms. The first kappa shape index (κ1) is 20.9. The largest absolute Gasteiger partial charge is 0.451 e. The number of nitrogens with one attached hydrogen (secondary N) is 2. The molecule has 1 aliphatic rings. The number of pyridine rings is 1. The number of rotatable bonds is 6. The molecule has 1 fully saturated rings. The van der Waals surface area contributed by atoms with Crippen LogP contribution >= 0.6 is 0 Å². The zero-order valence-corrected chi connectivity index (χ0v) is 17.1. The van der Waals surface area contributed by atoms with Gasteiger partial charge in [0.05, 0.1) is 35.7 Å². The molecule has 0 saturated carbocycles. The molecule has 0 radical (unpaired) electrons. The third-order valence-electron chi connectivity index (χ3n) is 5.22. The third kappa shape index (κ3) is 4.51. The highest BCUT2D eigenvalue weighted by Crippen LogP contribution is 2.31. The number of amides is 1. The molecule has 1 aliphatic heterocycles. The van der Waals surface area contributed by atoms with Gasteiger partial charge in [-0.2, -0.15) is 23.4 Å². The van der Waals surface area contributed by atoms with E-state index < -0.39 is 18.6 Å². The summed E-state index contributed by atoms with van der Waals surface area (Å²) in [7, 11) is 0. The van der Waals surface area contributed by atoms with Crippen LogP contribution in [-0.4, -0.2) is 61.6 Å². The molecule has 4 aromatic rings. The highest BCUT2D eigenvalue weighted by molar-refractivity contribution is 6.04. The summed E-state index contributed by atoms with van der Waals surface area (Å²) in [6.45, 7) is -0.538. The first-order valence-corrected chi connectivity index (χ1v) is 10.1. The lowest BCUT2D eigenvalue weighted by Crippen LogP contribution is -2.51. The van der Waals surface area contributed by atoms with Crippen LogP contribution in [0.15, 0.2) is 59.5 Å². The van der Waals surface area contributed by atoms with E-state index in [0.29, 0.717) is 28.4 Å². The van der Waals surface area contributed by atoms with Gasteiger partial charge in [-0.3, -0.25) is 24.5 Å². The van der Waals surface area contributed by atoms with Gasteiger partial charge in [0.2, 0.25) is 0 Å². The molecule has 5 heterocycles. The number of hydrogen-bond donors (Lipinski definition) is 2. The lowest BCUT2D eigenvalue weighted by molar-refractivity contribution is -0.157. The van der Waals surface area contributed by atoms with Crippen LogP contribution in [0.1, 0.15) is 16.6 Å². The zero-order chi connectivity index (χ0) is 23.0. The van der Waals surface area contributed by atoms with Crippen LogP contribution in [0.5, 0.6) is 0 Å². The van der Waals surface area contributed by atoms with E-state index in [1.54, 1.807) is 59.8 Å². The van der Waals surface area contributed by atoms with E-state index in [4.69, 9.17) is 4.42 Å². The standard InChI is InChI=1S/C21H18F3N7O2/c22-21(23,24)12-30-9-14(10-30)31-11-16(19(29-31)15-3-1-2-6-25-15)28-20(32)18-5-4-17(33-18)13-7-26-27-8-13/h1-8,11,14H,9-10,12H2,(H,26,27)(H,28,32). The lowest BCUT2D eigenvalue weighted by atomic mass is 10.1. The molecule has 0 unspecified atom stereocenters. The molecule has 12 heteroatoms. The number of aromatic nitrogens is 5. The van der Waals surface area contributed by atoms with Gasteiger partial charge in [0.25, 0.3) is 5.91 Å². The first-order chi connectivity index (χ1) is 15.9. The van der Waals surface area contributed by atoms with Crippen LogP contribution in [0.2, 0.25) is 0 Å². The van der Waals surface area contributed by atoms with Gasteiger partial charge in [0.15, 0.2) is 5.76 Å². The fourth-order valence-electron chi connectivity index (χ4n) is 3.64. The van der Waals surface area contributed by atoms with Gasteiger partial charge in [-0.05, 0) is 24.3 Å². The van der Waals surface area contributed by atoms with Gasteiger partial charge in [-0.25, -0.2) is 0 Å². The molecule has 0 aliphatic carbocycles. The SMILES string of the molecule is O=C(Nc1cn(C2CN(CC(F)(F)F)C2)nc1-c1ccccn1)c1ccc(-c2cn[nH]c2)o1. The molecule has 1 amide bonds. The van der Waals surface area contributed by atoms with E-state index in [1.807, 2.05) is 0 Å². The maximum absolute atomic E-state index is 12.8. The Morgan fingerprint density at radius 2 is 2.09 bits per heavy atom. The second-order valence-electron chi connectivity index (χ2n) is 7.65. The summed E-state index contributed by atoms with van der Waals surface area (Å²) in [6.07, 6.45) is 2.18. The minimum absolute atomic E-state index is 0.0888. The van der Waals surface area contributed by atoms with Crippen molar-refractivity contribution < 1.29 is 22.4 Å². The number of carbonyl (C=O) groups excluding carboxylic acids is 1. The summed E-state index contributed by atoms with van der Waals surface area (Å²) in [5, 5.41) is 13.8. The molecule has 170 valence electrons. The van der Waals surface area contributed by atoms with E-state index in [-0.39, 0.29) is 24.9 Å². The van der Waals surface area contributed by atoms with Crippen molar-refractivity contribution in [2.24, 2.45) is 0 Å². The maximum Gasteiger partial charge on any atom is 0.401 e.